The van der Waals surface area contributed by atoms with Crippen LogP contribution in [-0.2, 0) is 0 Å². The summed E-state index contributed by atoms with van der Waals surface area (Å²) in [6, 6.07) is 16.7. The highest BCUT2D eigenvalue weighted by Crippen LogP contribution is 2.18. The number of para-hydroxylation sites is 2. The monoisotopic (exact) mass is 343 g/mol. The van der Waals surface area contributed by atoms with Crippen molar-refractivity contribution in [3.05, 3.63) is 65.9 Å². The topological polar surface area (TPSA) is 73.1 Å². The fraction of sp³-hybridized carbons (Fsp3) is 0.200. The smallest absolute Gasteiger partial charge is 0.254 e. The lowest BCUT2D eigenvalue weighted by Gasteiger charge is -2.35. The molecule has 2 heterocycles. The lowest BCUT2D eigenvalue weighted by Crippen LogP contribution is -2.49. The zero-order chi connectivity index (χ0) is 17.9. The van der Waals surface area contributed by atoms with E-state index in [1.165, 1.54) is 0 Å². The molecule has 0 atom stereocenters. The van der Waals surface area contributed by atoms with Crippen LogP contribution in [0.3, 0.4) is 0 Å². The number of benzene rings is 2. The predicted octanol–water partition coefficient (Wildman–Crippen LogP) is 2.46. The summed E-state index contributed by atoms with van der Waals surface area (Å²) in [5, 5.41) is 9.00. The molecule has 6 nitrogen and oxygen atoms in total. The highest BCUT2D eigenvalue weighted by atomic mass is 16.2. The van der Waals surface area contributed by atoms with Crippen molar-refractivity contribution in [3.8, 4) is 6.07 Å². The van der Waals surface area contributed by atoms with E-state index in [9.17, 15) is 4.79 Å². The molecule has 1 fully saturated rings. The molecule has 0 saturated carbocycles. The van der Waals surface area contributed by atoms with Crippen molar-refractivity contribution < 1.29 is 4.79 Å². The number of carbonyl (C=O) groups excluding carboxylic acids is 1. The third-order valence-electron chi connectivity index (χ3n) is 4.57. The molecule has 4 rings (SSSR count). The van der Waals surface area contributed by atoms with Gasteiger partial charge in [0.15, 0.2) is 0 Å². The van der Waals surface area contributed by atoms with Crippen LogP contribution in [0.1, 0.15) is 15.9 Å². The van der Waals surface area contributed by atoms with Gasteiger partial charge in [-0.15, -0.1) is 0 Å². The maximum Gasteiger partial charge on any atom is 0.254 e. The maximum absolute atomic E-state index is 12.7. The molecular weight excluding hydrogens is 326 g/mol. The molecule has 0 aliphatic carbocycles. The molecule has 2 aromatic carbocycles. The zero-order valence-electron chi connectivity index (χ0n) is 14.2. The van der Waals surface area contributed by atoms with Crippen LogP contribution in [0.5, 0.6) is 0 Å². The molecular formula is C20H17N5O. The van der Waals surface area contributed by atoms with Crippen molar-refractivity contribution in [1.82, 2.24) is 14.9 Å². The van der Waals surface area contributed by atoms with Crippen LogP contribution in [-0.4, -0.2) is 47.0 Å². The van der Waals surface area contributed by atoms with Gasteiger partial charge in [0.2, 0.25) is 0 Å². The van der Waals surface area contributed by atoms with E-state index < -0.39 is 0 Å². The minimum Gasteiger partial charge on any atom is -0.352 e. The number of amides is 1. The Hall–Kier alpha value is -3.46. The number of aromatic nitrogens is 2. The molecule has 3 aromatic rings. The molecule has 6 heteroatoms. The van der Waals surface area contributed by atoms with E-state index in [1.54, 1.807) is 30.5 Å². The number of hydrogen-bond donors (Lipinski definition) is 0. The summed E-state index contributed by atoms with van der Waals surface area (Å²) in [6.07, 6.45) is 1.79. The van der Waals surface area contributed by atoms with Gasteiger partial charge in [-0.25, -0.2) is 4.98 Å². The SMILES string of the molecule is N#Cc1cccc(C(=O)N2CCN(c3cnc4ccccc4n3)CC2)c1. The number of fused-ring (bicyclic) bond motifs is 1. The first kappa shape index (κ1) is 16.0. The van der Waals surface area contributed by atoms with Crippen molar-refractivity contribution in [2.75, 3.05) is 31.1 Å². The summed E-state index contributed by atoms with van der Waals surface area (Å²) < 4.78 is 0. The second kappa shape index (κ2) is 6.81. The van der Waals surface area contributed by atoms with Crippen LogP contribution in [0.15, 0.2) is 54.7 Å². The summed E-state index contributed by atoms with van der Waals surface area (Å²) in [5.74, 6) is 0.800. The predicted molar refractivity (Wildman–Crippen MR) is 98.8 cm³/mol. The number of anilines is 1. The first-order chi connectivity index (χ1) is 12.7. The summed E-state index contributed by atoms with van der Waals surface area (Å²) in [4.78, 5) is 25.8. The third kappa shape index (κ3) is 3.07. The fourth-order valence-corrected chi connectivity index (χ4v) is 3.14. The Labute approximate surface area is 151 Å². The molecule has 1 aliphatic heterocycles. The number of carbonyl (C=O) groups is 1. The minimum atomic E-state index is -0.0358. The lowest BCUT2D eigenvalue weighted by molar-refractivity contribution is 0.0746. The molecule has 0 spiro atoms. The Morgan fingerprint density at radius 3 is 2.54 bits per heavy atom. The summed E-state index contributed by atoms with van der Waals surface area (Å²) in [5.41, 5.74) is 2.81. The van der Waals surface area contributed by atoms with E-state index in [-0.39, 0.29) is 5.91 Å². The van der Waals surface area contributed by atoms with Crippen LogP contribution >= 0.6 is 0 Å². The Morgan fingerprint density at radius 1 is 1.00 bits per heavy atom. The number of nitriles is 1. The molecule has 1 amide bonds. The first-order valence-corrected chi connectivity index (χ1v) is 8.51. The van der Waals surface area contributed by atoms with Crippen molar-refractivity contribution in [3.63, 3.8) is 0 Å². The molecule has 1 aliphatic rings. The van der Waals surface area contributed by atoms with E-state index in [4.69, 9.17) is 5.26 Å². The third-order valence-corrected chi connectivity index (χ3v) is 4.57. The second-order valence-corrected chi connectivity index (χ2v) is 6.19. The largest absolute Gasteiger partial charge is 0.352 e. The number of piperazine rings is 1. The molecule has 0 unspecified atom stereocenters. The van der Waals surface area contributed by atoms with E-state index >= 15 is 0 Å². The average Bonchev–Trinajstić information content (AvgIpc) is 2.73. The standard InChI is InChI=1S/C20H17N5O/c21-13-15-4-3-5-16(12-15)20(26)25-10-8-24(9-11-25)19-14-22-17-6-1-2-7-18(17)23-19/h1-7,12,14H,8-11H2. The van der Waals surface area contributed by atoms with Gasteiger partial charge in [0, 0.05) is 31.7 Å². The van der Waals surface area contributed by atoms with Gasteiger partial charge in [-0.05, 0) is 30.3 Å². The minimum absolute atomic E-state index is 0.0358. The van der Waals surface area contributed by atoms with E-state index in [0.717, 1.165) is 16.9 Å². The second-order valence-electron chi connectivity index (χ2n) is 6.19. The van der Waals surface area contributed by atoms with Gasteiger partial charge in [-0.1, -0.05) is 18.2 Å². The molecule has 0 bridgehead atoms. The van der Waals surface area contributed by atoms with Gasteiger partial charge in [0.1, 0.15) is 5.82 Å². The molecule has 0 radical (unpaired) electrons. The summed E-state index contributed by atoms with van der Waals surface area (Å²) in [7, 11) is 0. The van der Waals surface area contributed by atoms with Gasteiger partial charge in [-0.3, -0.25) is 9.78 Å². The molecule has 0 N–H and O–H groups in total. The van der Waals surface area contributed by atoms with Crippen LogP contribution < -0.4 is 4.90 Å². The van der Waals surface area contributed by atoms with Gasteiger partial charge in [0.05, 0.1) is 28.9 Å². The van der Waals surface area contributed by atoms with Crippen molar-refractivity contribution >= 4 is 22.8 Å². The molecule has 26 heavy (non-hydrogen) atoms. The normalized spacial score (nSPS) is 14.3. The highest BCUT2D eigenvalue weighted by molar-refractivity contribution is 5.94. The molecule has 128 valence electrons. The van der Waals surface area contributed by atoms with E-state index in [1.807, 2.05) is 29.2 Å². The Morgan fingerprint density at radius 2 is 1.77 bits per heavy atom. The van der Waals surface area contributed by atoms with Gasteiger partial charge in [-0.2, -0.15) is 5.26 Å². The first-order valence-electron chi connectivity index (χ1n) is 8.51. The lowest BCUT2D eigenvalue weighted by atomic mass is 10.1. The van der Waals surface area contributed by atoms with E-state index in [0.29, 0.717) is 37.3 Å². The van der Waals surface area contributed by atoms with Gasteiger partial charge >= 0.3 is 0 Å². The Bertz CT molecular complexity index is 1000. The quantitative estimate of drug-likeness (QED) is 0.715. The van der Waals surface area contributed by atoms with Crippen LogP contribution in [0.25, 0.3) is 11.0 Å². The zero-order valence-corrected chi connectivity index (χ0v) is 14.2. The molecule has 1 saturated heterocycles. The van der Waals surface area contributed by atoms with Gasteiger partial charge < -0.3 is 9.80 Å². The maximum atomic E-state index is 12.7. The van der Waals surface area contributed by atoms with Crippen molar-refractivity contribution in [1.29, 1.82) is 5.26 Å². The fourth-order valence-electron chi connectivity index (χ4n) is 3.14. The highest BCUT2D eigenvalue weighted by Gasteiger charge is 2.23. The molecule has 1 aromatic heterocycles. The van der Waals surface area contributed by atoms with Crippen molar-refractivity contribution in [2.45, 2.75) is 0 Å². The Kier molecular flexibility index (Phi) is 4.20. The van der Waals surface area contributed by atoms with Crippen LogP contribution in [0.2, 0.25) is 0 Å². The number of hydrogen-bond acceptors (Lipinski definition) is 5. The van der Waals surface area contributed by atoms with Gasteiger partial charge in [0.25, 0.3) is 5.91 Å². The van der Waals surface area contributed by atoms with Crippen LogP contribution in [0, 0.1) is 11.3 Å². The average molecular weight is 343 g/mol. The number of rotatable bonds is 2. The summed E-state index contributed by atoms with van der Waals surface area (Å²) in [6.45, 7) is 2.64. The number of nitrogens with zero attached hydrogens (tertiary/aromatic N) is 5. The Balaban J connectivity index is 1.46. The van der Waals surface area contributed by atoms with E-state index in [2.05, 4.69) is 20.9 Å². The van der Waals surface area contributed by atoms with Crippen molar-refractivity contribution in [2.24, 2.45) is 0 Å². The van der Waals surface area contributed by atoms with Crippen LogP contribution in [0.4, 0.5) is 5.82 Å². The summed E-state index contributed by atoms with van der Waals surface area (Å²) >= 11 is 0.